The molecule has 0 bridgehead atoms. The number of imide groups is 1. The van der Waals surface area contributed by atoms with E-state index >= 15 is 0 Å². The van der Waals surface area contributed by atoms with Gasteiger partial charge in [-0.25, -0.2) is 0 Å². The number of fused-ring (bicyclic) bond motifs is 1. The third kappa shape index (κ3) is 2.76. The van der Waals surface area contributed by atoms with Gasteiger partial charge in [-0.05, 0) is 12.1 Å². The molecule has 2 fully saturated rings. The number of hydrogen-bond donors (Lipinski definition) is 1. The van der Waals surface area contributed by atoms with Crippen LogP contribution in [0.4, 0.5) is 0 Å². The first kappa shape index (κ1) is 16.4. The van der Waals surface area contributed by atoms with Gasteiger partial charge < -0.3 is 14.8 Å². The lowest BCUT2D eigenvalue weighted by atomic mass is 9.97. The van der Waals surface area contributed by atoms with E-state index in [-0.39, 0.29) is 30.3 Å². The number of ether oxygens (including phenoxy) is 2. The standard InChI is InChI=1S/C16H18N2O4.ClH/c19-14-12-3-1-2-4-13(12)15(20)18(14)10-11-9-16(5-6-17-11)21-7-8-22-16;/h1-4,11,17H,5-10H2;1H. The van der Waals surface area contributed by atoms with Gasteiger partial charge >= 0.3 is 0 Å². The highest BCUT2D eigenvalue weighted by molar-refractivity contribution is 6.21. The Labute approximate surface area is 140 Å². The first-order valence-corrected chi connectivity index (χ1v) is 7.65. The van der Waals surface area contributed by atoms with Crippen molar-refractivity contribution in [2.75, 3.05) is 26.3 Å². The molecule has 0 saturated carbocycles. The minimum atomic E-state index is -0.533. The molecule has 3 heterocycles. The molecule has 23 heavy (non-hydrogen) atoms. The van der Waals surface area contributed by atoms with Crippen LogP contribution in [0.2, 0.25) is 0 Å². The molecule has 2 saturated heterocycles. The highest BCUT2D eigenvalue weighted by Gasteiger charge is 2.44. The summed E-state index contributed by atoms with van der Waals surface area (Å²) in [5.41, 5.74) is 0.984. The molecule has 6 nitrogen and oxygen atoms in total. The summed E-state index contributed by atoms with van der Waals surface area (Å²) in [6.07, 6.45) is 1.45. The largest absolute Gasteiger partial charge is 0.347 e. The molecule has 3 aliphatic heterocycles. The number of halogens is 1. The number of nitrogens with zero attached hydrogens (tertiary/aromatic N) is 1. The van der Waals surface area contributed by atoms with E-state index in [0.717, 1.165) is 13.0 Å². The zero-order valence-corrected chi connectivity index (χ0v) is 13.4. The van der Waals surface area contributed by atoms with Gasteiger partial charge in [0.1, 0.15) is 0 Å². The Bertz CT molecular complexity index is 595. The van der Waals surface area contributed by atoms with Crippen LogP contribution >= 0.6 is 12.4 Å². The second-order valence-electron chi connectivity index (χ2n) is 5.98. The van der Waals surface area contributed by atoms with Gasteiger partial charge in [0.2, 0.25) is 0 Å². The van der Waals surface area contributed by atoms with Crippen LogP contribution in [0.5, 0.6) is 0 Å². The molecule has 0 aromatic heterocycles. The van der Waals surface area contributed by atoms with E-state index in [4.69, 9.17) is 9.47 Å². The van der Waals surface area contributed by atoms with Gasteiger partial charge in [-0.3, -0.25) is 14.5 Å². The van der Waals surface area contributed by atoms with Crippen LogP contribution in [-0.2, 0) is 9.47 Å². The van der Waals surface area contributed by atoms with E-state index < -0.39 is 5.79 Å². The number of carbonyl (C=O) groups excluding carboxylic acids is 2. The first-order valence-electron chi connectivity index (χ1n) is 7.65. The van der Waals surface area contributed by atoms with Gasteiger partial charge in [-0.1, -0.05) is 12.1 Å². The summed E-state index contributed by atoms with van der Waals surface area (Å²) in [5.74, 6) is -0.959. The average Bonchev–Trinajstić information content (AvgIpc) is 3.07. The molecule has 4 rings (SSSR count). The van der Waals surface area contributed by atoms with Gasteiger partial charge in [-0.15, -0.1) is 12.4 Å². The van der Waals surface area contributed by atoms with Crippen LogP contribution in [0.15, 0.2) is 24.3 Å². The third-order valence-corrected chi connectivity index (χ3v) is 4.59. The minimum Gasteiger partial charge on any atom is -0.347 e. The second-order valence-corrected chi connectivity index (χ2v) is 5.98. The van der Waals surface area contributed by atoms with E-state index in [9.17, 15) is 9.59 Å². The molecule has 2 amide bonds. The molecule has 0 radical (unpaired) electrons. The number of hydrogen-bond acceptors (Lipinski definition) is 5. The van der Waals surface area contributed by atoms with E-state index in [1.807, 2.05) is 0 Å². The van der Waals surface area contributed by atoms with Crippen molar-refractivity contribution in [3.8, 4) is 0 Å². The van der Waals surface area contributed by atoms with Crippen LogP contribution < -0.4 is 5.32 Å². The molecule has 0 aliphatic carbocycles. The molecule has 1 aromatic carbocycles. The van der Waals surface area contributed by atoms with Crippen LogP contribution in [0, 0.1) is 0 Å². The zero-order valence-electron chi connectivity index (χ0n) is 12.6. The Hall–Kier alpha value is -1.47. The van der Waals surface area contributed by atoms with Crippen molar-refractivity contribution in [2.24, 2.45) is 0 Å². The van der Waals surface area contributed by atoms with Crippen LogP contribution in [-0.4, -0.2) is 54.8 Å². The lowest BCUT2D eigenvalue weighted by Gasteiger charge is -2.38. The molecule has 1 aromatic rings. The molecular formula is C16H19ClN2O4. The molecule has 7 heteroatoms. The third-order valence-electron chi connectivity index (χ3n) is 4.59. The predicted octanol–water partition coefficient (Wildman–Crippen LogP) is 1.20. The van der Waals surface area contributed by atoms with Gasteiger partial charge in [-0.2, -0.15) is 0 Å². The van der Waals surface area contributed by atoms with Crippen molar-refractivity contribution in [2.45, 2.75) is 24.7 Å². The molecule has 1 N–H and O–H groups in total. The first-order chi connectivity index (χ1) is 10.7. The SMILES string of the molecule is Cl.O=C1c2ccccc2C(=O)N1CC1CC2(CCN1)OCCO2. The van der Waals surface area contributed by atoms with Crippen molar-refractivity contribution in [1.29, 1.82) is 0 Å². The fourth-order valence-corrected chi connectivity index (χ4v) is 3.53. The number of rotatable bonds is 2. The van der Waals surface area contributed by atoms with Crippen molar-refractivity contribution >= 4 is 24.2 Å². The summed E-state index contributed by atoms with van der Waals surface area (Å²) in [4.78, 5) is 26.1. The van der Waals surface area contributed by atoms with Gasteiger partial charge in [0.05, 0.1) is 24.3 Å². The topological polar surface area (TPSA) is 67.9 Å². The predicted molar refractivity (Wildman–Crippen MR) is 84.7 cm³/mol. The quantitative estimate of drug-likeness (QED) is 0.821. The number of piperidine rings is 1. The molecule has 1 unspecified atom stereocenters. The van der Waals surface area contributed by atoms with Crippen LogP contribution in [0.3, 0.4) is 0 Å². The highest BCUT2D eigenvalue weighted by atomic mass is 35.5. The Morgan fingerprint density at radius 3 is 2.35 bits per heavy atom. The molecular weight excluding hydrogens is 320 g/mol. The number of nitrogens with one attached hydrogen (secondary N) is 1. The van der Waals surface area contributed by atoms with Crippen molar-refractivity contribution < 1.29 is 19.1 Å². The lowest BCUT2D eigenvalue weighted by Crippen LogP contribution is -2.53. The Morgan fingerprint density at radius 1 is 1.13 bits per heavy atom. The van der Waals surface area contributed by atoms with Gasteiger partial charge in [0.15, 0.2) is 5.79 Å². The maximum Gasteiger partial charge on any atom is 0.261 e. The minimum absolute atomic E-state index is 0. The summed E-state index contributed by atoms with van der Waals surface area (Å²) in [5, 5.41) is 3.36. The van der Waals surface area contributed by atoms with Crippen molar-refractivity contribution in [3.05, 3.63) is 35.4 Å². The number of carbonyl (C=O) groups is 2. The maximum atomic E-state index is 12.4. The number of benzene rings is 1. The van der Waals surface area contributed by atoms with E-state index in [2.05, 4.69) is 5.32 Å². The van der Waals surface area contributed by atoms with Crippen molar-refractivity contribution in [1.82, 2.24) is 10.2 Å². The van der Waals surface area contributed by atoms with E-state index in [1.54, 1.807) is 24.3 Å². The van der Waals surface area contributed by atoms with Gasteiger partial charge in [0.25, 0.3) is 11.8 Å². The van der Waals surface area contributed by atoms with E-state index in [0.29, 0.717) is 37.3 Å². The Morgan fingerprint density at radius 2 is 1.74 bits per heavy atom. The molecule has 124 valence electrons. The number of amides is 2. The maximum absolute atomic E-state index is 12.4. The lowest BCUT2D eigenvalue weighted by molar-refractivity contribution is -0.180. The summed E-state index contributed by atoms with van der Waals surface area (Å²) in [7, 11) is 0. The van der Waals surface area contributed by atoms with Gasteiger partial charge in [0, 0.05) is 32.0 Å². The fourth-order valence-electron chi connectivity index (χ4n) is 3.53. The monoisotopic (exact) mass is 338 g/mol. The normalized spacial score (nSPS) is 25.6. The fraction of sp³-hybridized carbons (Fsp3) is 0.500. The highest BCUT2D eigenvalue weighted by Crippen LogP contribution is 2.32. The summed E-state index contributed by atoms with van der Waals surface area (Å²) in [6, 6.07) is 6.96. The zero-order chi connectivity index (χ0) is 15.2. The Kier molecular flexibility index (Phi) is 4.42. The van der Waals surface area contributed by atoms with E-state index in [1.165, 1.54) is 4.90 Å². The van der Waals surface area contributed by atoms with Crippen LogP contribution in [0.1, 0.15) is 33.6 Å². The summed E-state index contributed by atoms with van der Waals surface area (Å²) >= 11 is 0. The smallest absolute Gasteiger partial charge is 0.261 e. The molecule has 1 spiro atoms. The summed E-state index contributed by atoms with van der Waals surface area (Å²) in [6.45, 7) is 2.33. The Balaban J connectivity index is 0.00000156. The molecule has 3 aliphatic rings. The summed E-state index contributed by atoms with van der Waals surface area (Å²) < 4.78 is 11.5. The average molecular weight is 339 g/mol. The second kappa shape index (κ2) is 6.20. The molecule has 1 atom stereocenters. The van der Waals surface area contributed by atoms with Crippen molar-refractivity contribution in [3.63, 3.8) is 0 Å². The van der Waals surface area contributed by atoms with Crippen LogP contribution in [0.25, 0.3) is 0 Å².